The standard InChI is InChI=1S/C11H21NO3.C11H24O/c1-10(2,5-9(14)15)6-11(3,4)7-12-8-13;1-6-8-11(4,5)12-9-7-10(2)3/h8H,5-7H2,1-4H3,(H,12,13)(H,14,15);10H,6-9H2,1-5H3. The number of carboxylic acids is 1. The van der Waals surface area contributed by atoms with Gasteiger partial charge in [-0.15, -0.1) is 0 Å². The van der Waals surface area contributed by atoms with Crippen LogP contribution in [0.5, 0.6) is 0 Å². The molecule has 0 heterocycles. The third-order valence-electron chi connectivity index (χ3n) is 4.29. The second-order valence-corrected chi connectivity index (χ2v) is 10.1. The van der Waals surface area contributed by atoms with Crippen LogP contribution in [0.3, 0.4) is 0 Å². The number of carbonyl (C=O) groups is 2. The second kappa shape index (κ2) is 13.1. The second-order valence-electron chi connectivity index (χ2n) is 10.1. The Hall–Kier alpha value is -1.10. The van der Waals surface area contributed by atoms with Crippen molar-refractivity contribution in [2.45, 2.75) is 100 Å². The Morgan fingerprint density at radius 1 is 1.11 bits per heavy atom. The highest BCUT2D eigenvalue weighted by Gasteiger charge is 2.30. The summed E-state index contributed by atoms with van der Waals surface area (Å²) in [5.74, 6) is -0.0263. The van der Waals surface area contributed by atoms with Gasteiger partial charge in [0.15, 0.2) is 0 Å². The molecule has 2 N–H and O–H groups in total. The van der Waals surface area contributed by atoms with Gasteiger partial charge in [-0.1, -0.05) is 54.9 Å². The Morgan fingerprint density at radius 2 is 1.67 bits per heavy atom. The first-order valence-electron chi connectivity index (χ1n) is 10.2. The van der Waals surface area contributed by atoms with Crippen molar-refractivity contribution in [1.29, 1.82) is 0 Å². The van der Waals surface area contributed by atoms with E-state index >= 15 is 0 Å². The van der Waals surface area contributed by atoms with Crippen molar-refractivity contribution in [3.05, 3.63) is 0 Å². The summed E-state index contributed by atoms with van der Waals surface area (Å²) in [6, 6.07) is 0. The maximum atomic E-state index is 10.6. The van der Waals surface area contributed by atoms with E-state index < -0.39 is 5.97 Å². The van der Waals surface area contributed by atoms with Crippen LogP contribution in [-0.2, 0) is 14.3 Å². The number of ether oxygens (including phenoxy) is 1. The van der Waals surface area contributed by atoms with Crippen LogP contribution >= 0.6 is 0 Å². The van der Waals surface area contributed by atoms with Gasteiger partial charge < -0.3 is 15.2 Å². The van der Waals surface area contributed by atoms with E-state index in [2.05, 4.69) is 39.9 Å². The molecular weight excluding hydrogens is 342 g/mol. The summed E-state index contributed by atoms with van der Waals surface area (Å²) < 4.78 is 5.78. The first-order chi connectivity index (χ1) is 12.2. The number of amides is 1. The maximum absolute atomic E-state index is 10.6. The van der Waals surface area contributed by atoms with Crippen molar-refractivity contribution in [3.8, 4) is 0 Å². The fourth-order valence-electron chi connectivity index (χ4n) is 3.39. The Bertz CT molecular complexity index is 415. The largest absolute Gasteiger partial charge is 0.481 e. The third-order valence-corrected chi connectivity index (χ3v) is 4.29. The van der Waals surface area contributed by atoms with Crippen molar-refractivity contribution in [1.82, 2.24) is 5.32 Å². The van der Waals surface area contributed by atoms with Gasteiger partial charge in [-0.25, -0.2) is 0 Å². The summed E-state index contributed by atoms with van der Waals surface area (Å²) in [6.45, 7) is 20.4. The lowest BCUT2D eigenvalue weighted by molar-refractivity contribution is -0.139. The maximum Gasteiger partial charge on any atom is 0.303 e. The summed E-state index contributed by atoms with van der Waals surface area (Å²) >= 11 is 0. The van der Waals surface area contributed by atoms with Gasteiger partial charge in [-0.05, 0) is 49.9 Å². The molecule has 0 saturated heterocycles. The van der Waals surface area contributed by atoms with E-state index in [1.54, 1.807) is 0 Å². The Kier molecular flexibility index (Phi) is 13.7. The molecular formula is C22H45NO4. The van der Waals surface area contributed by atoms with Crippen LogP contribution < -0.4 is 5.32 Å². The van der Waals surface area contributed by atoms with Gasteiger partial charge in [0.05, 0.1) is 12.0 Å². The van der Waals surface area contributed by atoms with Crippen LogP contribution in [0, 0.1) is 16.7 Å². The van der Waals surface area contributed by atoms with Crippen LogP contribution in [0.4, 0.5) is 0 Å². The molecule has 0 aliphatic rings. The topological polar surface area (TPSA) is 75.6 Å². The normalized spacial score (nSPS) is 12.4. The average Bonchev–Trinajstić information content (AvgIpc) is 2.42. The van der Waals surface area contributed by atoms with E-state index in [0.29, 0.717) is 13.0 Å². The zero-order chi connectivity index (χ0) is 21.7. The summed E-state index contributed by atoms with van der Waals surface area (Å²) in [7, 11) is 0. The molecule has 162 valence electrons. The molecule has 0 saturated carbocycles. The molecule has 0 aromatic rings. The highest BCUT2D eigenvalue weighted by atomic mass is 16.5. The van der Waals surface area contributed by atoms with Crippen LogP contribution in [0.25, 0.3) is 0 Å². The van der Waals surface area contributed by atoms with Crippen molar-refractivity contribution in [3.63, 3.8) is 0 Å². The first-order valence-corrected chi connectivity index (χ1v) is 10.2. The molecule has 5 heteroatoms. The quantitative estimate of drug-likeness (QED) is 0.422. The van der Waals surface area contributed by atoms with Gasteiger partial charge in [-0.3, -0.25) is 9.59 Å². The van der Waals surface area contributed by atoms with Crippen LogP contribution in [0.2, 0.25) is 0 Å². The highest BCUT2D eigenvalue weighted by Crippen LogP contribution is 2.35. The van der Waals surface area contributed by atoms with Gasteiger partial charge in [0, 0.05) is 13.2 Å². The molecule has 1 amide bonds. The number of nitrogens with one attached hydrogen (secondary N) is 1. The van der Waals surface area contributed by atoms with E-state index in [9.17, 15) is 9.59 Å². The van der Waals surface area contributed by atoms with Crippen LogP contribution in [0.15, 0.2) is 0 Å². The molecule has 5 nitrogen and oxygen atoms in total. The molecule has 0 spiro atoms. The number of hydrogen-bond acceptors (Lipinski definition) is 3. The fraction of sp³-hybridized carbons (Fsp3) is 0.909. The van der Waals surface area contributed by atoms with E-state index in [1.807, 2.05) is 27.7 Å². The van der Waals surface area contributed by atoms with Crippen LogP contribution in [-0.4, -0.2) is 36.2 Å². The Labute approximate surface area is 167 Å². The minimum absolute atomic E-state index is 0.0835. The molecule has 0 radical (unpaired) electrons. The SMILES string of the molecule is CC(C)(CNC=O)CC(C)(C)CC(=O)O.CCCC(C)(C)OCCC(C)C. The molecule has 0 unspecified atom stereocenters. The zero-order valence-electron chi connectivity index (χ0n) is 19.3. The molecule has 0 aromatic carbocycles. The molecule has 0 bridgehead atoms. The third kappa shape index (κ3) is 19.5. The smallest absolute Gasteiger partial charge is 0.303 e. The van der Waals surface area contributed by atoms with Crippen LogP contribution in [0.1, 0.15) is 94.4 Å². The lowest BCUT2D eigenvalue weighted by atomic mass is 9.73. The number of carboxylic acid groups (broad SMARTS) is 1. The lowest BCUT2D eigenvalue weighted by Crippen LogP contribution is -2.33. The number of hydrogen-bond donors (Lipinski definition) is 2. The van der Waals surface area contributed by atoms with Crippen molar-refractivity contribution >= 4 is 12.4 Å². The van der Waals surface area contributed by atoms with Gasteiger partial charge >= 0.3 is 5.97 Å². The minimum atomic E-state index is -0.779. The monoisotopic (exact) mass is 387 g/mol. The lowest BCUT2D eigenvalue weighted by Gasteiger charge is -2.33. The van der Waals surface area contributed by atoms with E-state index in [0.717, 1.165) is 25.4 Å². The van der Waals surface area contributed by atoms with E-state index in [-0.39, 0.29) is 22.9 Å². The fourth-order valence-corrected chi connectivity index (χ4v) is 3.39. The molecule has 0 aliphatic carbocycles. The Morgan fingerprint density at radius 3 is 2.07 bits per heavy atom. The molecule has 0 rings (SSSR count). The summed E-state index contributed by atoms with van der Waals surface area (Å²) in [5, 5.41) is 11.4. The molecule has 0 aromatic heterocycles. The van der Waals surface area contributed by atoms with Gasteiger partial charge in [0.1, 0.15) is 0 Å². The molecule has 27 heavy (non-hydrogen) atoms. The predicted octanol–water partition coefficient (Wildman–Crippen LogP) is 5.28. The van der Waals surface area contributed by atoms with Crippen molar-refractivity contribution in [2.24, 2.45) is 16.7 Å². The van der Waals surface area contributed by atoms with Gasteiger partial charge in [0.25, 0.3) is 0 Å². The summed E-state index contributed by atoms with van der Waals surface area (Å²) in [6.07, 6.45) is 5.11. The Balaban J connectivity index is 0. The zero-order valence-corrected chi connectivity index (χ0v) is 19.3. The summed E-state index contributed by atoms with van der Waals surface area (Å²) in [5.41, 5.74) is -0.247. The van der Waals surface area contributed by atoms with Crippen molar-refractivity contribution < 1.29 is 19.4 Å². The number of aliphatic carboxylic acids is 1. The molecule has 0 fully saturated rings. The summed E-state index contributed by atoms with van der Waals surface area (Å²) in [4.78, 5) is 20.8. The number of carbonyl (C=O) groups excluding carboxylic acids is 1. The predicted molar refractivity (Wildman–Crippen MR) is 113 cm³/mol. The molecule has 0 atom stereocenters. The highest BCUT2D eigenvalue weighted by molar-refractivity contribution is 5.67. The number of rotatable bonds is 13. The van der Waals surface area contributed by atoms with E-state index in [1.165, 1.54) is 12.8 Å². The minimum Gasteiger partial charge on any atom is -0.481 e. The van der Waals surface area contributed by atoms with Crippen molar-refractivity contribution in [2.75, 3.05) is 13.2 Å². The van der Waals surface area contributed by atoms with Gasteiger partial charge in [-0.2, -0.15) is 0 Å². The van der Waals surface area contributed by atoms with Gasteiger partial charge in [0.2, 0.25) is 6.41 Å². The van der Waals surface area contributed by atoms with E-state index in [4.69, 9.17) is 9.84 Å². The molecule has 0 aliphatic heterocycles. The average molecular weight is 388 g/mol. The first kappa shape index (κ1) is 28.1.